The number of aryl methyl sites for hydroxylation is 1. The SMILES string of the molecule is CCOc1ccc2c(c1)oc1cc3c(cc12)oc1cc(C)ccc13. The van der Waals surface area contributed by atoms with Gasteiger partial charge in [-0.15, -0.1) is 0 Å². The molecule has 0 saturated heterocycles. The maximum Gasteiger partial charge on any atom is 0.139 e. The van der Waals surface area contributed by atoms with E-state index in [9.17, 15) is 0 Å². The Morgan fingerprint density at radius 3 is 1.96 bits per heavy atom. The van der Waals surface area contributed by atoms with Crippen LogP contribution in [-0.2, 0) is 0 Å². The molecule has 24 heavy (non-hydrogen) atoms. The average Bonchev–Trinajstić information content (AvgIpc) is 3.09. The Labute approximate surface area is 138 Å². The molecule has 0 aliphatic rings. The maximum absolute atomic E-state index is 6.07. The number of furan rings is 2. The van der Waals surface area contributed by atoms with Gasteiger partial charge < -0.3 is 13.6 Å². The molecule has 118 valence electrons. The molecule has 0 aliphatic heterocycles. The van der Waals surface area contributed by atoms with Crippen molar-refractivity contribution >= 4 is 43.9 Å². The second-order valence-electron chi connectivity index (χ2n) is 6.14. The molecule has 2 aromatic heterocycles. The lowest BCUT2D eigenvalue weighted by atomic mass is 10.1. The van der Waals surface area contributed by atoms with Gasteiger partial charge in [-0.2, -0.15) is 0 Å². The monoisotopic (exact) mass is 316 g/mol. The first-order valence-corrected chi connectivity index (χ1v) is 8.15. The topological polar surface area (TPSA) is 35.5 Å². The molecular formula is C21H16O3. The number of benzene rings is 3. The van der Waals surface area contributed by atoms with Gasteiger partial charge in [-0.1, -0.05) is 12.1 Å². The highest BCUT2D eigenvalue weighted by molar-refractivity contribution is 6.14. The molecule has 0 N–H and O–H groups in total. The fraction of sp³-hybridized carbons (Fsp3) is 0.143. The molecular weight excluding hydrogens is 300 g/mol. The zero-order valence-electron chi connectivity index (χ0n) is 13.6. The Hall–Kier alpha value is -2.94. The zero-order chi connectivity index (χ0) is 16.3. The van der Waals surface area contributed by atoms with Gasteiger partial charge >= 0.3 is 0 Å². The molecule has 0 aliphatic carbocycles. The van der Waals surface area contributed by atoms with Crippen LogP contribution < -0.4 is 4.74 Å². The minimum Gasteiger partial charge on any atom is -0.494 e. The molecule has 0 bridgehead atoms. The Morgan fingerprint density at radius 1 is 0.708 bits per heavy atom. The van der Waals surface area contributed by atoms with Crippen molar-refractivity contribution in [3.63, 3.8) is 0 Å². The molecule has 0 radical (unpaired) electrons. The predicted molar refractivity (Wildman–Crippen MR) is 96.9 cm³/mol. The summed E-state index contributed by atoms with van der Waals surface area (Å²) >= 11 is 0. The van der Waals surface area contributed by atoms with Crippen LogP contribution >= 0.6 is 0 Å². The molecule has 0 atom stereocenters. The molecule has 5 rings (SSSR count). The molecule has 2 heterocycles. The normalized spacial score (nSPS) is 11.9. The van der Waals surface area contributed by atoms with Crippen LogP contribution in [0.1, 0.15) is 12.5 Å². The van der Waals surface area contributed by atoms with Crippen molar-refractivity contribution in [3.05, 3.63) is 54.1 Å². The molecule has 3 aromatic carbocycles. The first kappa shape index (κ1) is 13.5. The lowest BCUT2D eigenvalue weighted by Crippen LogP contribution is -1.89. The number of fused-ring (bicyclic) bond motifs is 6. The third kappa shape index (κ3) is 1.84. The van der Waals surface area contributed by atoms with Gasteiger partial charge in [0.1, 0.15) is 28.1 Å². The Bertz CT molecular complexity index is 1220. The van der Waals surface area contributed by atoms with Crippen LogP contribution in [-0.4, -0.2) is 6.61 Å². The van der Waals surface area contributed by atoms with Gasteiger partial charge in [-0.3, -0.25) is 0 Å². The highest BCUT2D eigenvalue weighted by Crippen LogP contribution is 2.37. The molecule has 0 spiro atoms. The summed E-state index contributed by atoms with van der Waals surface area (Å²) in [5.74, 6) is 0.827. The van der Waals surface area contributed by atoms with Crippen LogP contribution in [0.25, 0.3) is 43.9 Å². The van der Waals surface area contributed by atoms with Crippen molar-refractivity contribution in [2.45, 2.75) is 13.8 Å². The fourth-order valence-electron chi connectivity index (χ4n) is 3.39. The molecule has 3 heteroatoms. The number of ether oxygens (including phenoxy) is 1. The molecule has 0 saturated carbocycles. The van der Waals surface area contributed by atoms with Crippen molar-refractivity contribution in [2.75, 3.05) is 6.61 Å². The summed E-state index contributed by atoms with van der Waals surface area (Å²) in [7, 11) is 0. The van der Waals surface area contributed by atoms with Gasteiger partial charge in [-0.05, 0) is 49.7 Å². The quantitative estimate of drug-likeness (QED) is 0.389. The second kappa shape index (κ2) is 4.78. The standard InChI is InChI=1S/C21H16O3/c1-3-22-13-5-7-15-17-11-20-16(10-21(17)24-19(15)9-13)14-6-4-12(2)8-18(14)23-20/h4-11H,3H2,1-2H3. The molecule has 3 nitrogen and oxygen atoms in total. The van der Waals surface area contributed by atoms with Gasteiger partial charge in [0.15, 0.2) is 0 Å². The van der Waals surface area contributed by atoms with Crippen LogP contribution in [0.4, 0.5) is 0 Å². The summed E-state index contributed by atoms with van der Waals surface area (Å²) in [4.78, 5) is 0. The maximum atomic E-state index is 6.07. The van der Waals surface area contributed by atoms with Crippen LogP contribution in [0.5, 0.6) is 5.75 Å². The molecule has 0 fully saturated rings. The lowest BCUT2D eigenvalue weighted by molar-refractivity contribution is 0.340. The van der Waals surface area contributed by atoms with E-state index in [1.807, 2.05) is 25.1 Å². The summed E-state index contributed by atoms with van der Waals surface area (Å²) in [5, 5.41) is 4.35. The summed E-state index contributed by atoms with van der Waals surface area (Å²) < 4.78 is 17.7. The van der Waals surface area contributed by atoms with Gasteiger partial charge in [-0.25, -0.2) is 0 Å². The third-order valence-corrected chi connectivity index (χ3v) is 4.50. The van der Waals surface area contributed by atoms with E-state index >= 15 is 0 Å². The number of rotatable bonds is 2. The Morgan fingerprint density at radius 2 is 1.29 bits per heavy atom. The van der Waals surface area contributed by atoms with E-state index in [1.165, 1.54) is 5.56 Å². The molecule has 0 amide bonds. The van der Waals surface area contributed by atoms with E-state index in [1.54, 1.807) is 0 Å². The van der Waals surface area contributed by atoms with Crippen molar-refractivity contribution in [1.29, 1.82) is 0 Å². The van der Waals surface area contributed by atoms with Crippen LogP contribution in [0.15, 0.2) is 57.4 Å². The minimum absolute atomic E-state index is 0.643. The van der Waals surface area contributed by atoms with Gasteiger partial charge in [0.2, 0.25) is 0 Å². The van der Waals surface area contributed by atoms with Crippen LogP contribution in [0.2, 0.25) is 0 Å². The van der Waals surface area contributed by atoms with Crippen molar-refractivity contribution in [3.8, 4) is 5.75 Å². The third-order valence-electron chi connectivity index (χ3n) is 4.50. The smallest absolute Gasteiger partial charge is 0.139 e. The molecule has 5 aromatic rings. The second-order valence-corrected chi connectivity index (χ2v) is 6.14. The summed E-state index contributed by atoms with van der Waals surface area (Å²) in [6.07, 6.45) is 0. The summed E-state index contributed by atoms with van der Waals surface area (Å²) in [6.45, 7) is 4.69. The van der Waals surface area contributed by atoms with Crippen molar-refractivity contribution < 1.29 is 13.6 Å². The van der Waals surface area contributed by atoms with E-state index < -0.39 is 0 Å². The van der Waals surface area contributed by atoms with E-state index in [4.69, 9.17) is 13.6 Å². The van der Waals surface area contributed by atoms with Gasteiger partial charge in [0, 0.05) is 27.6 Å². The Kier molecular flexibility index (Phi) is 2.69. The van der Waals surface area contributed by atoms with Gasteiger partial charge in [0.05, 0.1) is 6.61 Å². The average molecular weight is 316 g/mol. The van der Waals surface area contributed by atoms with E-state index in [2.05, 4.69) is 37.3 Å². The minimum atomic E-state index is 0.643. The first-order valence-electron chi connectivity index (χ1n) is 8.15. The van der Waals surface area contributed by atoms with E-state index in [0.29, 0.717) is 6.61 Å². The predicted octanol–water partition coefficient (Wildman–Crippen LogP) is 6.19. The van der Waals surface area contributed by atoms with Crippen molar-refractivity contribution in [2.24, 2.45) is 0 Å². The summed E-state index contributed by atoms with van der Waals surface area (Å²) in [6, 6.07) is 16.4. The number of hydrogen-bond acceptors (Lipinski definition) is 3. The highest BCUT2D eigenvalue weighted by Gasteiger charge is 2.13. The number of hydrogen-bond donors (Lipinski definition) is 0. The Balaban J connectivity index is 1.84. The zero-order valence-corrected chi connectivity index (χ0v) is 13.6. The first-order chi connectivity index (χ1) is 11.7. The van der Waals surface area contributed by atoms with Gasteiger partial charge in [0.25, 0.3) is 0 Å². The highest BCUT2D eigenvalue weighted by atomic mass is 16.5. The van der Waals surface area contributed by atoms with E-state index in [0.717, 1.165) is 49.6 Å². The van der Waals surface area contributed by atoms with Crippen LogP contribution in [0.3, 0.4) is 0 Å². The van der Waals surface area contributed by atoms with Crippen molar-refractivity contribution in [1.82, 2.24) is 0 Å². The molecule has 0 unspecified atom stereocenters. The van der Waals surface area contributed by atoms with E-state index in [-0.39, 0.29) is 0 Å². The van der Waals surface area contributed by atoms with Crippen LogP contribution in [0, 0.1) is 6.92 Å². The lowest BCUT2D eigenvalue weighted by Gasteiger charge is -2.00. The summed E-state index contributed by atoms with van der Waals surface area (Å²) in [5.41, 5.74) is 4.71. The largest absolute Gasteiger partial charge is 0.494 e. The fourth-order valence-corrected chi connectivity index (χ4v) is 3.39.